The Balaban J connectivity index is 1.56. The number of hydrogen-bond acceptors (Lipinski definition) is 4. The van der Waals surface area contributed by atoms with Crippen LogP contribution >= 0.6 is 11.8 Å². The van der Waals surface area contributed by atoms with E-state index in [1.807, 2.05) is 11.8 Å². The van der Waals surface area contributed by atoms with Crippen LogP contribution in [-0.2, 0) is 9.53 Å². The molecule has 1 saturated heterocycles. The van der Waals surface area contributed by atoms with Crippen molar-refractivity contribution < 1.29 is 9.53 Å². The Kier molecular flexibility index (Phi) is 5.37. The number of hydrogen-bond donors (Lipinski definition) is 1. The molecule has 2 rings (SSSR count). The van der Waals surface area contributed by atoms with E-state index < -0.39 is 0 Å². The van der Waals surface area contributed by atoms with Gasteiger partial charge in [-0.3, -0.25) is 4.79 Å². The topological polar surface area (TPSA) is 38.3 Å². The lowest BCUT2D eigenvalue weighted by Crippen LogP contribution is -2.34. The summed E-state index contributed by atoms with van der Waals surface area (Å²) in [5.41, 5.74) is 0.289. The van der Waals surface area contributed by atoms with Crippen molar-refractivity contribution >= 4 is 17.7 Å². The molecule has 0 bridgehead atoms. The number of rotatable bonds is 7. The summed E-state index contributed by atoms with van der Waals surface area (Å²) in [6.45, 7) is 1.20. The number of piperidine rings is 1. The molecule has 4 heteroatoms. The zero-order valence-electron chi connectivity index (χ0n) is 11.4. The Morgan fingerprint density at radius 3 is 2.89 bits per heavy atom. The smallest absolute Gasteiger partial charge is 0.306 e. The highest BCUT2D eigenvalue weighted by molar-refractivity contribution is 7.99. The second-order valence-electron chi connectivity index (χ2n) is 5.74. The first-order valence-corrected chi connectivity index (χ1v) is 8.28. The van der Waals surface area contributed by atoms with Crippen LogP contribution in [0.2, 0.25) is 0 Å². The largest absolute Gasteiger partial charge is 0.469 e. The van der Waals surface area contributed by atoms with E-state index in [1.165, 1.54) is 57.9 Å². The fourth-order valence-electron chi connectivity index (χ4n) is 2.61. The number of carbonyl (C=O) groups excluding carboxylic acids is 1. The summed E-state index contributed by atoms with van der Waals surface area (Å²) >= 11 is 2.02. The van der Waals surface area contributed by atoms with Gasteiger partial charge in [0.05, 0.1) is 13.5 Å². The number of ether oxygens (including phenoxy) is 1. The molecule has 1 atom stereocenters. The predicted octanol–water partition coefficient (Wildman–Crippen LogP) is 2.60. The van der Waals surface area contributed by atoms with Gasteiger partial charge in [0.1, 0.15) is 0 Å². The Morgan fingerprint density at radius 1 is 1.44 bits per heavy atom. The van der Waals surface area contributed by atoms with Gasteiger partial charge in [-0.25, -0.2) is 0 Å². The van der Waals surface area contributed by atoms with Gasteiger partial charge in [0.15, 0.2) is 0 Å². The predicted molar refractivity (Wildman–Crippen MR) is 75.9 cm³/mol. The Labute approximate surface area is 114 Å². The van der Waals surface area contributed by atoms with Crippen molar-refractivity contribution in [1.29, 1.82) is 0 Å². The lowest BCUT2D eigenvalue weighted by molar-refractivity contribution is -0.141. The lowest BCUT2D eigenvalue weighted by Gasteiger charge is -2.23. The molecule has 2 fully saturated rings. The molecule has 1 aliphatic carbocycles. The highest BCUT2D eigenvalue weighted by Crippen LogP contribution is 2.51. The second kappa shape index (κ2) is 6.80. The fraction of sp³-hybridized carbons (Fsp3) is 0.929. The van der Waals surface area contributed by atoms with Gasteiger partial charge in [0.2, 0.25) is 0 Å². The van der Waals surface area contributed by atoms with E-state index in [2.05, 4.69) is 5.32 Å². The van der Waals surface area contributed by atoms with E-state index in [4.69, 9.17) is 4.74 Å². The maximum absolute atomic E-state index is 11.3. The van der Waals surface area contributed by atoms with Crippen LogP contribution in [0.25, 0.3) is 0 Å². The van der Waals surface area contributed by atoms with Gasteiger partial charge >= 0.3 is 5.97 Å². The molecule has 3 nitrogen and oxygen atoms in total. The van der Waals surface area contributed by atoms with Gasteiger partial charge in [-0.2, -0.15) is 11.8 Å². The van der Waals surface area contributed by atoms with E-state index in [-0.39, 0.29) is 11.4 Å². The summed E-state index contributed by atoms with van der Waals surface area (Å²) in [4.78, 5) is 11.3. The quantitative estimate of drug-likeness (QED) is 0.570. The molecule has 1 N–H and O–H groups in total. The number of carbonyl (C=O) groups is 1. The molecule has 104 valence electrons. The summed E-state index contributed by atoms with van der Waals surface area (Å²) in [5.74, 6) is 2.32. The van der Waals surface area contributed by atoms with E-state index in [9.17, 15) is 4.79 Å². The van der Waals surface area contributed by atoms with Crippen LogP contribution < -0.4 is 5.32 Å². The summed E-state index contributed by atoms with van der Waals surface area (Å²) < 4.78 is 4.77. The van der Waals surface area contributed by atoms with Gasteiger partial charge in [-0.05, 0) is 55.6 Å². The van der Waals surface area contributed by atoms with E-state index in [1.54, 1.807) is 0 Å². The number of esters is 1. The van der Waals surface area contributed by atoms with Gasteiger partial charge < -0.3 is 10.1 Å². The van der Waals surface area contributed by atoms with Crippen LogP contribution in [-0.4, -0.2) is 37.2 Å². The Hall–Kier alpha value is -0.220. The first-order valence-electron chi connectivity index (χ1n) is 7.12. The minimum Gasteiger partial charge on any atom is -0.469 e. The van der Waals surface area contributed by atoms with E-state index in [0.717, 1.165) is 11.8 Å². The molecule has 0 amide bonds. The van der Waals surface area contributed by atoms with Crippen molar-refractivity contribution in [2.45, 2.75) is 51.0 Å². The van der Waals surface area contributed by atoms with Crippen LogP contribution in [0, 0.1) is 5.41 Å². The fourth-order valence-corrected chi connectivity index (χ4v) is 4.03. The molecule has 2 aliphatic rings. The van der Waals surface area contributed by atoms with Gasteiger partial charge in [0, 0.05) is 6.04 Å². The number of nitrogens with one attached hydrogen (secondary N) is 1. The van der Waals surface area contributed by atoms with E-state index >= 15 is 0 Å². The first kappa shape index (κ1) is 14.2. The molecule has 1 saturated carbocycles. The minimum absolute atomic E-state index is 0.0398. The minimum atomic E-state index is -0.0398. The molecule has 18 heavy (non-hydrogen) atoms. The Bertz CT molecular complexity index is 273. The third-order valence-corrected chi connectivity index (χ3v) is 5.48. The molecule has 1 heterocycles. The van der Waals surface area contributed by atoms with Gasteiger partial charge in [-0.15, -0.1) is 0 Å². The first-order chi connectivity index (χ1) is 8.74. The van der Waals surface area contributed by atoms with Gasteiger partial charge in [0.25, 0.3) is 0 Å². The standard InChI is InChI=1S/C14H25NO2S/c1-17-13(16)10-14(6-7-14)11-18-9-5-12-4-2-3-8-15-12/h12,15H,2-11H2,1H3. The maximum atomic E-state index is 11.3. The SMILES string of the molecule is COC(=O)CC1(CSCCC2CCCCN2)CC1. The molecule has 1 unspecified atom stereocenters. The average Bonchev–Trinajstić information content (AvgIpc) is 3.16. The highest BCUT2D eigenvalue weighted by atomic mass is 32.2. The van der Waals surface area contributed by atoms with Crippen LogP contribution in [0.5, 0.6) is 0 Å². The zero-order valence-corrected chi connectivity index (χ0v) is 12.2. The molecule has 0 aromatic carbocycles. The van der Waals surface area contributed by atoms with Crippen molar-refractivity contribution in [1.82, 2.24) is 5.32 Å². The molecule has 0 aromatic rings. The number of thioether (sulfide) groups is 1. The third-order valence-electron chi connectivity index (χ3n) is 4.14. The average molecular weight is 271 g/mol. The maximum Gasteiger partial charge on any atom is 0.306 e. The summed E-state index contributed by atoms with van der Waals surface area (Å²) in [5, 5.41) is 3.59. The van der Waals surface area contributed by atoms with Crippen LogP contribution in [0.15, 0.2) is 0 Å². The van der Waals surface area contributed by atoms with Crippen molar-refractivity contribution in [3.05, 3.63) is 0 Å². The molecule has 1 aliphatic heterocycles. The van der Waals surface area contributed by atoms with Crippen LogP contribution in [0.4, 0.5) is 0 Å². The second-order valence-corrected chi connectivity index (χ2v) is 6.85. The van der Waals surface area contributed by atoms with Crippen molar-refractivity contribution in [3.63, 3.8) is 0 Å². The zero-order chi connectivity index (χ0) is 12.8. The monoisotopic (exact) mass is 271 g/mol. The summed E-state index contributed by atoms with van der Waals surface area (Å²) in [6.07, 6.45) is 8.37. The summed E-state index contributed by atoms with van der Waals surface area (Å²) in [7, 11) is 1.49. The van der Waals surface area contributed by atoms with Crippen LogP contribution in [0.1, 0.15) is 44.9 Å². The van der Waals surface area contributed by atoms with Crippen molar-refractivity contribution in [2.24, 2.45) is 5.41 Å². The molecule has 0 spiro atoms. The van der Waals surface area contributed by atoms with Crippen molar-refractivity contribution in [2.75, 3.05) is 25.2 Å². The van der Waals surface area contributed by atoms with Gasteiger partial charge in [-0.1, -0.05) is 6.42 Å². The molecular weight excluding hydrogens is 246 g/mol. The normalized spacial score (nSPS) is 25.7. The van der Waals surface area contributed by atoms with Crippen molar-refractivity contribution in [3.8, 4) is 0 Å². The molecule has 0 aromatic heterocycles. The summed E-state index contributed by atoms with van der Waals surface area (Å²) in [6, 6.07) is 0.738. The Morgan fingerprint density at radius 2 is 2.28 bits per heavy atom. The van der Waals surface area contributed by atoms with Crippen LogP contribution in [0.3, 0.4) is 0 Å². The third kappa shape index (κ3) is 4.47. The highest BCUT2D eigenvalue weighted by Gasteiger charge is 2.44. The van der Waals surface area contributed by atoms with E-state index in [0.29, 0.717) is 6.42 Å². The molecule has 0 radical (unpaired) electrons. The lowest BCUT2D eigenvalue weighted by atomic mass is 10.0. The molecular formula is C14H25NO2S. The number of methoxy groups -OCH3 is 1.